The monoisotopic (exact) mass is 338 g/mol. The van der Waals surface area contributed by atoms with Gasteiger partial charge >= 0.3 is 5.97 Å². The largest absolute Gasteiger partial charge is 0.481 e. The molecule has 1 aliphatic rings. The fourth-order valence-electron chi connectivity index (χ4n) is 2.80. The Morgan fingerprint density at radius 2 is 1.76 bits per heavy atom. The molecule has 25 heavy (non-hydrogen) atoms. The first kappa shape index (κ1) is 16.7. The molecule has 0 saturated carbocycles. The Morgan fingerprint density at radius 1 is 1.12 bits per heavy atom. The molecule has 0 aliphatic carbocycles. The van der Waals surface area contributed by atoms with Gasteiger partial charge in [-0.2, -0.15) is 0 Å². The van der Waals surface area contributed by atoms with Crippen molar-refractivity contribution in [1.82, 2.24) is 0 Å². The number of rotatable bonds is 5. The molecule has 6 heteroatoms. The van der Waals surface area contributed by atoms with Gasteiger partial charge in [0.2, 0.25) is 5.91 Å². The zero-order valence-corrected chi connectivity index (χ0v) is 13.7. The number of carboxylic acid groups (broad SMARTS) is 1. The molecule has 1 unspecified atom stereocenters. The fourth-order valence-corrected chi connectivity index (χ4v) is 2.80. The van der Waals surface area contributed by atoms with Gasteiger partial charge in [-0.25, -0.2) is 4.90 Å². The number of aliphatic carboxylic acids is 1. The first-order valence-corrected chi connectivity index (χ1v) is 7.95. The van der Waals surface area contributed by atoms with Crippen molar-refractivity contribution < 1.29 is 19.5 Å². The Hall–Kier alpha value is -3.15. The molecule has 1 fully saturated rings. The van der Waals surface area contributed by atoms with E-state index in [4.69, 9.17) is 5.11 Å². The minimum absolute atomic E-state index is 0.0532. The number of imide groups is 1. The number of nitrogens with zero attached hydrogens (tertiary/aromatic N) is 1. The summed E-state index contributed by atoms with van der Waals surface area (Å²) in [6.07, 6.45) is 0.0336. The summed E-state index contributed by atoms with van der Waals surface area (Å²) >= 11 is 0. The Morgan fingerprint density at radius 3 is 2.36 bits per heavy atom. The summed E-state index contributed by atoms with van der Waals surface area (Å²) in [6, 6.07) is 13.4. The Bertz CT molecular complexity index is 812. The first-order chi connectivity index (χ1) is 11.9. The molecular weight excluding hydrogens is 320 g/mol. The molecule has 3 rings (SSSR count). The predicted octanol–water partition coefficient (Wildman–Crippen LogP) is 2.37. The van der Waals surface area contributed by atoms with E-state index in [1.807, 2.05) is 19.1 Å². The number of amides is 2. The van der Waals surface area contributed by atoms with Gasteiger partial charge < -0.3 is 10.4 Å². The average Bonchev–Trinajstić information content (AvgIpc) is 2.84. The molecule has 2 aromatic carbocycles. The van der Waals surface area contributed by atoms with Gasteiger partial charge in [-0.1, -0.05) is 29.8 Å². The van der Waals surface area contributed by atoms with E-state index in [1.165, 1.54) is 4.90 Å². The number of anilines is 2. The SMILES string of the molecule is Cc1ccc(N2C(=O)CC(Nc3ccc(CC(=O)O)cc3)C2=O)cc1. The molecular formula is C19H18N2O4. The van der Waals surface area contributed by atoms with E-state index in [9.17, 15) is 14.4 Å². The summed E-state index contributed by atoms with van der Waals surface area (Å²) < 4.78 is 0. The summed E-state index contributed by atoms with van der Waals surface area (Å²) in [5, 5.41) is 11.8. The van der Waals surface area contributed by atoms with E-state index in [0.29, 0.717) is 16.9 Å². The van der Waals surface area contributed by atoms with Crippen LogP contribution in [0.25, 0.3) is 0 Å². The highest BCUT2D eigenvalue weighted by Crippen LogP contribution is 2.25. The summed E-state index contributed by atoms with van der Waals surface area (Å²) in [5.41, 5.74) is 2.97. The summed E-state index contributed by atoms with van der Waals surface area (Å²) in [5.74, 6) is -1.43. The van der Waals surface area contributed by atoms with Gasteiger partial charge in [0.25, 0.3) is 5.91 Å². The minimum Gasteiger partial charge on any atom is -0.481 e. The van der Waals surface area contributed by atoms with E-state index in [0.717, 1.165) is 5.56 Å². The van der Waals surface area contributed by atoms with E-state index >= 15 is 0 Å². The summed E-state index contributed by atoms with van der Waals surface area (Å²) in [6.45, 7) is 1.94. The number of carboxylic acids is 1. The van der Waals surface area contributed by atoms with Crippen LogP contribution in [0.5, 0.6) is 0 Å². The molecule has 128 valence electrons. The molecule has 2 N–H and O–H groups in total. The molecule has 0 bridgehead atoms. The lowest BCUT2D eigenvalue weighted by atomic mass is 10.1. The van der Waals surface area contributed by atoms with Crippen LogP contribution in [0.3, 0.4) is 0 Å². The van der Waals surface area contributed by atoms with Crippen molar-refractivity contribution >= 4 is 29.2 Å². The van der Waals surface area contributed by atoms with Crippen molar-refractivity contribution in [3.63, 3.8) is 0 Å². The van der Waals surface area contributed by atoms with E-state index in [2.05, 4.69) is 5.32 Å². The van der Waals surface area contributed by atoms with Gasteiger partial charge in [-0.15, -0.1) is 0 Å². The van der Waals surface area contributed by atoms with E-state index < -0.39 is 12.0 Å². The van der Waals surface area contributed by atoms with Crippen LogP contribution in [0.15, 0.2) is 48.5 Å². The number of hydrogen-bond acceptors (Lipinski definition) is 4. The fraction of sp³-hybridized carbons (Fsp3) is 0.211. The van der Waals surface area contributed by atoms with Crippen LogP contribution in [0.4, 0.5) is 11.4 Å². The summed E-state index contributed by atoms with van der Waals surface area (Å²) in [4.78, 5) is 36.7. The van der Waals surface area contributed by atoms with E-state index in [-0.39, 0.29) is 24.7 Å². The molecule has 0 aromatic heterocycles. The highest BCUT2D eigenvalue weighted by atomic mass is 16.4. The zero-order chi connectivity index (χ0) is 18.0. The van der Waals surface area contributed by atoms with Crippen molar-refractivity contribution in [2.75, 3.05) is 10.2 Å². The Balaban J connectivity index is 1.71. The number of carbonyl (C=O) groups excluding carboxylic acids is 2. The number of carbonyl (C=O) groups is 3. The lowest BCUT2D eigenvalue weighted by Crippen LogP contribution is -2.34. The van der Waals surface area contributed by atoms with Crippen LogP contribution in [-0.4, -0.2) is 28.9 Å². The standard InChI is InChI=1S/C19H18N2O4/c1-12-2-8-15(9-3-12)21-17(22)11-16(19(21)25)20-14-6-4-13(5-7-14)10-18(23)24/h2-9,16,20H,10-11H2,1H3,(H,23,24). The van der Waals surface area contributed by atoms with Gasteiger partial charge in [0.15, 0.2) is 0 Å². The molecule has 0 radical (unpaired) electrons. The third-order valence-corrected chi connectivity index (χ3v) is 4.09. The smallest absolute Gasteiger partial charge is 0.307 e. The van der Waals surface area contributed by atoms with Crippen LogP contribution in [0.2, 0.25) is 0 Å². The topological polar surface area (TPSA) is 86.7 Å². The lowest BCUT2D eigenvalue weighted by molar-refractivity contribution is -0.136. The van der Waals surface area contributed by atoms with Crippen molar-refractivity contribution in [1.29, 1.82) is 0 Å². The lowest BCUT2D eigenvalue weighted by Gasteiger charge is -2.16. The van der Waals surface area contributed by atoms with Crippen molar-refractivity contribution in [2.45, 2.75) is 25.8 Å². The second-order valence-corrected chi connectivity index (χ2v) is 6.07. The third kappa shape index (κ3) is 3.68. The second kappa shape index (κ2) is 6.76. The summed E-state index contributed by atoms with van der Waals surface area (Å²) in [7, 11) is 0. The molecule has 1 atom stereocenters. The van der Waals surface area contributed by atoms with Crippen LogP contribution in [0, 0.1) is 6.92 Å². The van der Waals surface area contributed by atoms with Crippen LogP contribution in [0.1, 0.15) is 17.5 Å². The number of nitrogens with one attached hydrogen (secondary N) is 1. The highest BCUT2D eigenvalue weighted by molar-refractivity contribution is 6.23. The average molecular weight is 338 g/mol. The quantitative estimate of drug-likeness (QED) is 0.817. The Kier molecular flexibility index (Phi) is 4.52. The third-order valence-electron chi connectivity index (χ3n) is 4.09. The van der Waals surface area contributed by atoms with Gasteiger partial charge in [0, 0.05) is 5.69 Å². The molecule has 2 aromatic rings. The van der Waals surface area contributed by atoms with Crippen LogP contribution < -0.4 is 10.2 Å². The zero-order valence-electron chi connectivity index (χ0n) is 13.7. The van der Waals surface area contributed by atoms with Crippen molar-refractivity contribution in [2.24, 2.45) is 0 Å². The van der Waals surface area contributed by atoms with Crippen LogP contribution in [-0.2, 0) is 20.8 Å². The first-order valence-electron chi connectivity index (χ1n) is 7.95. The van der Waals surface area contributed by atoms with Gasteiger partial charge in [0.1, 0.15) is 6.04 Å². The van der Waals surface area contributed by atoms with Gasteiger partial charge in [-0.05, 0) is 36.8 Å². The molecule has 6 nitrogen and oxygen atoms in total. The number of benzene rings is 2. The maximum atomic E-state index is 12.6. The molecule has 1 saturated heterocycles. The van der Waals surface area contributed by atoms with Gasteiger partial charge in [-0.3, -0.25) is 14.4 Å². The van der Waals surface area contributed by atoms with Crippen LogP contribution >= 0.6 is 0 Å². The molecule has 2 amide bonds. The maximum Gasteiger partial charge on any atom is 0.307 e. The van der Waals surface area contributed by atoms with Gasteiger partial charge in [0.05, 0.1) is 18.5 Å². The second-order valence-electron chi connectivity index (χ2n) is 6.07. The highest BCUT2D eigenvalue weighted by Gasteiger charge is 2.39. The van der Waals surface area contributed by atoms with Crippen molar-refractivity contribution in [3.8, 4) is 0 Å². The maximum absolute atomic E-state index is 12.6. The molecule has 0 spiro atoms. The predicted molar refractivity (Wildman–Crippen MR) is 93.5 cm³/mol. The minimum atomic E-state index is -0.897. The van der Waals surface area contributed by atoms with Crippen molar-refractivity contribution in [3.05, 3.63) is 59.7 Å². The normalized spacial score (nSPS) is 17.0. The molecule has 1 heterocycles. The number of aryl methyl sites for hydroxylation is 1. The Labute approximate surface area is 145 Å². The molecule has 1 aliphatic heterocycles. The number of hydrogen-bond donors (Lipinski definition) is 2. The van der Waals surface area contributed by atoms with E-state index in [1.54, 1.807) is 36.4 Å².